The lowest BCUT2D eigenvalue weighted by atomic mass is 10.2. The van der Waals surface area contributed by atoms with Crippen molar-refractivity contribution in [3.05, 3.63) is 0 Å². The third-order valence-corrected chi connectivity index (χ3v) is 7.14. The van der Waals surface area contributed by atoms with Gasteiger partial charge in [0.2, 0.25) is 6.17 Å². The van der Waals surface area contributed by atoms with Gasteiger partial charge in [0.15, 0.2) is 5.85 Å². The molecule has 2 rings (SSSR count). The number of hydrogen-bond acceptors (Lipinski definition) is 5. The second kappa shape index (κ2) is 4.96. The molecule has 5 nitrogen and oxygen atoms in total. The lowest BCUT2D eigenvalue weighted by Crippen LogP contribution is -2.36. The van der Waals surface area contributed by atoms with E-state index in [1.54, 1.807) is 0 Å². The normalized spacial score (nSPS) is 43.3. The SMILES string of the molecule is O=C1OC(P2NPN(F)P(F)N2F)C(F)C1(F)F. The van der Waals surface area contributed by atoms with E-state index in [-0.39, 0.29) is 0 Å². The Kier molecular flexibility index (Phi) is 4.03. The Labute approximate surface area is 100 Å². The summed E-state index contributed by atoms with van der Waals surface area (Å²) in [6.45, 7) is 0. The average molecular weight is 333 g/mol. The fourth-order valence-electron chi connectivity index (χ4n) is 1.19. The Morgan fingerprint density at radius 3 is 2.56 bits per heavy atom. The van der Waals surface area contributed by atoms with E-state index in [2.05, 4.69) is 4.74 Å². The molecule has 5 unspecified atom stereocenters. The highest BCUT2D eigenvalue weighted by molar-refractivity contribution is 7.76. The van der Waals surface area contributed by atoms with E-state index in [9.17, 15) is 31.1 Å². The van der Waals surface area contributed by atoms with Crippen molar-refractivity contribution in [2.45, 2.75) is 17.9 Å². The molecule has 2 heterocycles. The standard InChI is InChI=1S/C4H4F6N3O2P3/c5-1-2(15-3(14)4(1,6)7)17-11-16-12(8)18(10)13(17)9/h1-2,11,16H. The van der Waals surface area contributed by atoms with Gasteiger partial charge in [0.1, 0.15) is 8.22 Å². The number of esters is 1. The van der Waals surface area contributed by atoms with Crippen LogP contribution in [0.1, 0.15) is 0 Å². The molecule has 0 aliphatic carbocycles. The summed E-state index contributed by atoms with van der Waals surface area (Å²) >= 11 is 0. The van der Waals surface area contributed by atoms with Gasteiger partial charge in [-0.25, -0.2) is 14.0 Å². The highest BCUT2D eigenvalue weighted by atomic mass is 31.3. The fraction of sp³-hybridized carbons (Fsp3) is 0.750. The highest BCUT2D eigenvalue weighted by Crippen LogP contribution is 2.70. The summed E-state index contributed by atoms with van der Waals surface area (Å²) < 4.78 is 80.6. The molecule has 5 atom stereocenters. The summed E-state index contributed by atoms with van der Waals surface area (Å²) in [6.07, 6.45) is -3.11. The minimum Gasteiger partial charge on any atom is -0.447 e. The molecule has 2 aliphatic rings. The van der Waals surface area contributed by atoms with Gasteiger partial charge >= 0.3 is 20.4 Å². The van der Waals surface area contributed by atoms with Crippen LogP contribution in [0.2, 0.25) is 0 Å². The summed E-state index contributed by atoms with van der Waals surface area (Å²) in [5.74, 6) is -8.74. The zero-order chi connectivity index (χ0) is 13.7. The van der Waals surface area contributed by atoms with Gasteiger partial charge in [-0.2, -0.15) is 13.0 Å². The van der Waals surface area contributed by atoms with Gasteiger partial charge < -0.3 is 4.74 Å². The summed E-state index contributed by atoms with van der Waals surface area (Å²) in [6, 6.07) is 0. The van der Waals surface area contributed by atoms with E-state index in [1.807, 2.05) is 4.86 Å². The van der Waals surface area contributed by atoms with Crippen LogP contribution < -0.4 is 4.86 Å². The van der Waals surface area contributed by atoms with Crippen LogP contribution in [0, 0.1) is 0 Å². The van der Waals surface area contributed by atoms with Gasteiger partial charge in [0, 0.05) is 0 Å². The molecule has 0 amide bonds. The number of nitrogens with zero attached hydrogens (tertiary/aromatic N) is 2. The van der Waals surface area contributed by atoms with E-state index in [4.69, 9.17) is 0 Å². The van der Waals surface area contributed by atoms with Crippen molar-refractivity contribution in [2.75, 3.05) is 0 Å². The second-order valence-corrected chi connectivity index (χ2v) is 8.07. The maximum Gasteiger partial charge on any atom is 0.381 e. The molecule has 2 fully saturated rings. The first-order valence-electron chi connectivity index (χ1n) is 4.17. The lowest BCUT2D eigenvalue weighted by Gasteiger charge is -2.35. The molecule has 104 valence electrons. The monoisotopic (exact) mass is 333 g/mol. The van der Waals surface area contributed by atoms with Crippen molar-refractivity contribution in [2.24, 2.45) is 0 Å². The first-order chi connectivity index (χ1) is 8.26. The number of hydrogen-bond donors (Lipinski definition) is 1. The zero-order valence-electron chi connectivity index (χ0n) is 8.03. The summed E-state index contributed by atoms with van der Waals surface area (Å²) in [5, 5.41) is 0. The maximum absolute atomic E-state index is 13.3. The molecular formula is C4H4F6N3O2P3. The number of alkyl halides is 3. The molecule has 0 bridgehead atoms. The predicted molar refractivity (Wildman–Crippen MR) is 52.0 cm³/mol. The third kappa shape index (κ3) is 2.21. The van der Waals surface area contributed by atoms with Crippen molar-refractivity contribution >= 4 is 31.6 Å². The molecule has 0 aromatic carbocycles. The van der Waals surface area contributed by atoms with Gasteiger partial charge in [-0.15, -0.1) is 8.96 Å². The largest absolute Gasteiger partial charge is 0.447 e. The molecule has 14 heteroatoms. The molecule has 2 aliphatic heterocycles. The maximum atomic E-state index is 13.3. The number of carbonyl (C=O) groups excluding carboxylic acids is 1. The van der Waals surface area contributed by atoms with Crippen LogP contribution in [0.3, 0.4) is 0 Å². The quantitative estimate of drug-likeness (QED) is 0.346. The molecule has 2 saturated heterocycles. The summed E-state index contributed by atoms with van der Waals surface area (Å²) in [4.78, 5) is 12.7. The number of carbonyl (C=O) groups is 1. The van der Waals surface area contributed by atoms with Crippen LogP contribution in [-0.2, 0) is 9.53 Å². The Morgan fingerprint density at radius 1 is 1.44 bits per heavy atom. The van der Waals surface area contributed by atoms with Gasteiger partial charge in [-0.05, 0) is 9.33 Å². The van der Waals surface area contributed by atoms with Gasteiger partial charge in [-0.1, -0.05) is 0 Å². The fourth-order valence-corrected chi connectivity index (χ4v) is 6.47. The van der Waals surface area contributed by atoms with Gasteiger partial charge in [0.05, 0.1) is 8.88 Å². The Hall–Kier alpha value is 0.220. The van der Waals surface area contributed by atoms with E-state index >= 15 is 0 Å². The van der Waals surface area contributed by atoms with Crippen molar-refractivity contribution in [3.8, 4) is 0 Å². The molecular weight excluding hydrogens is 329 g/mol. The molecule has 1 N–H and O–H groups in total. The molecule has 0 aromatic heterocycles. The lowest BCUT2D eigenvalue weighted by molar-refractivity contribution is -0.160. The smallest absolute Gasteiger partial charge is 0.381 e. The van der Waals surface area contributed by atoms with Crippen LogP contribution in [0.15, 0.2) is 0 Å². The van der Waals surface area contributed by atoms with Crippen molar-refractivity contribution in [3.63, 3.8) is 0 Å². The number of nitrogens with one attached hydrogen (secondary N) is 1. The molecule has 0 saturated carbocycles. The zero-order valence-corrected chi connectivity index (χ0v) is 10.8. The van der Waals surface area contributed by atoms with Crippen LogP contribution >= 0.6 is 25.6 Å². The summed E-state index contributed by atoms with van der Waals surface area (Å²) in [7, 11) is -7.32. The number of ether oxygens (including phenoxy) is 1. The Balaban J connectivity index is 2.16. The van der Waals surface area contributed by atoms with E-state index in [1.165, 1.54) is 0 Å². The van der Waals surface area contributed by atoms with Crippen LogP contribution in [-0.4, -0.2) is 33.2 Å². The van der Waals surface area contributed by atoms with Crippen molar-refractivity contribution in [1.29, 1.82) is 0 Å². The molecule has 0 aromatic rings. The molecule has 18 heavy (non-hydrogen) atoms. The number of cyclic esters (lactones) is 1. The second-order valence-electron chi connectivity index (χ2n) is 3.13. The van der Waals surface area contributed by atoms with Crippen molar-refractivity contribution < 1.29 is 35.9 Å². The highest BCUT2D eigenvalue weighted by Gasteiger charge is 2.65. The first-order valence-corrected chi connectivity index (χ1v) is 7.62. The average Bonchev–Trinajstić information content (AvgIpc) is 2.50. The molecule has 0 spiro atoms. The number of rotatable bonds is 1. The Morgan fingerprint density at radius 2 is 2.06 bits per heavy atom. The predicted octanol–water partition coefficient (Wildman–Crippen LogP) is 2.84. The minimum atomic E-state index is -4.41. The topological polar surface area (TPSA) is 44.8 Å². The van der Waals surface area contributed by atoms with Crippen LogP contribution in [0.5, 0.6) is 0 Å². The Bertz CT molecular complexity index is 365. The van der Waals surface area contributed by atoms with E-state index in [0.717, 1.165) is 0 Å². The summed E-state index contributed by atoms with van der Waals surface area (Å²) in [5.41, 5.74) is 0. The van der Waals surface area contributed by atoms with E-state index < -0.39 is 58.9 Å². The molecule has 0 radical (unpaired) electrons. The van der Waals surface area contributed by atoms with Gasteiger partial charge in [-0.3, -0.25) is 0 Å². The van der Waals surface area contributed by atoms with E-state index in [0.29, 0.717) is 0 Å². The third-order valence-electron chi connectivity index (χ3n) is 2.05. The van der Waals surface area contributed by atoms with Crippen LogP contribution in [0.25, 0.3) is 0 Å². The van der Waals surface area contributed by atoms with Crippen LogP contribution in [0.4, 0.5) is 26.3 Å². The first kappa shape index (κ1) is 14.6. The van der Waals surface area contributed by atoms with Gasteiger partial charge in [0.25, 0.3) is 0 Å². The minimum absolute atomic E-state index is 0.518. The van der Waals surface area contributed by atoms with Crippen molar-refractivity contribution in [1.82, 2.24) is 14.2 Å². The number of halogens is 6.